The first-order valence-electron chi connectivity index (χ1n) is 14.4. The predicted molar refractivity (Wildman–Crippen MR) is 159 cm³/mol. The van der Waals surface area contributed by atoms with Gasteiger partial charge in [-0.1, -0.05) is 84.4 Å². The van der Waals surface area contributed by atoms with E-state index < -0.39 is 29.9 Å². The minimum absolute atomic E-state index is 0.0452. The first-order chi connectivity index (χ1) is 20.9. The number of hydrogen-bond acceptors (Lipinski definition) is 5. The summed E-state index contributed by atoms with van der Waals surface area (Å²) in [5.74, 6) is -1.39. The van der Waals surface area contributed by atoms with Gasteiger partial charge in [0.15, 0.2) is 0 Å². The summed E-state index contributed by atoms with van der Waals surface area (Å²) >= 11 is 0. The van der Waals surface area contributed by atoms with Crippen LogP contribution in [0.2, 0.25) is 0 Å². The third-order valence-corrected chi connectivity index (χ3v) is 8.43. The number of carbonyl (C=O) groups is 4. The highest BCUT2D eigenvalue weighted by molar-refractivity contribution is 6.20. The first kappa shape index (κ1) is 28.0. The molecule has 2 saturated heterocycles. The van der Waals surface area contributed by atoms with Crippen LogP contribution in [0.1, 0.15) is 35.4 Å². The molecule has 43 heavy (non-hydrogen) atoms. The molecule has 0 bridgehead atoms. The van der Waals surface area contributed by atoms with E-state index in [1.54, 1.807) is 0 Å². The highest BCUT2D eigenvalue weighted by atomic mass is 16.6. The van der Waals surface area contributed by atoms with Crippen LogP contribution >= 0.6 is 0 Å². The zero-order valence-electron chi connectivity index (χ0n) is 23.5. The maximum Gasteiger partial charge on any atom is 0.409 e. The quantitative estimate of drug-likeness (QED) is 0.306. The monoisotopic (exact) mass is 580 g/mol. The zero-order valence-corrected chi connectivity index (χ0v) is 23.5. The van der Waals surface area contributed by atoms with Crippen molar-refractivity contribution in [2.45, 2.75) is 18.8 Å². The molecule has 0 atom stereocenters. The van der Waals surface area contributed by atoms with Crippen LogP contribution in [0.4, 0.5) is 9.59 Å². The van der Waals surface area contributed by atoms with Crippen molar-refractivity contribution in [3.8, 4) is 11.1 Å². The fourth-order valence-corrected chi connectivity index (χ4v) is 6.08. The van der Waals surface area contributed by atoms with Gasteiger partial charge in [0.2, 0.25) is 5.91 Å². The molecule has 0 unspecified atom stereocenters. The third kappa shape index (κ3) is 5.68. The normalized spacial score (nSPS) is 16.0. The number of rotatable bonds is 5. The van der Waals surface area contributed by atoms with E-state index in [9.17, 15) is 24.3 Å². The molecule has 0 spiro atoms. The lowest BCUT2D eigenvalue weighted by Gasteiger charge is -2.37. The Morgan fingerprint density at radius 2 is 1.35 bits per heavy atom. The Morgan fingerprint density at radius 3 is 1.95 bits per heavy atom. The van der Waals surface area contributed by atoms with E-state index in [1.165, 1.54) is 9.80 Å². The number of hydrogen-bond donors (Lipinski definition) is 3. The summed E-state index contributed by atoms with van der Waals surface area (Å²) in [5, 5.41) is 9.27. The number of amides is 4. The van der Waals surface area contributed by atoms with Crippen molar-refractivity contribution in [1.29, 1.82) is 0 Å². The molecule has 0 saturated carbocycles. The summed E-state index contributed by atoms with van der Waals surface area (Å²) in [4.78, 5) is 52.9. The van der Waals surface area contributed by atoms with Crippen LogP contribution < -0.4 is 10.9 Å². The van der Waals surface area contributed by atoms with E-state index in [0.717, 1.165) is 27.8 Å². The van der Waals surface area contributed by atoms with Crippen molar-refractivity contribution in [1.82, 2.24) is 20.7 Å². The molecule has 2 aliphatic heterocycles. The Morgan fingerprint density at radius 1 is 0.767 bits per heavy atom. The molecule has 2 fully saturated rings. The third-order valence-electron chi connectivity index (χ3n) is 8.43. The van der Waals surface area contributed by atoms with E-state index >= 15 is 0 Å². The minimum atomic E-state index is -0.982. The number of hydrazine groups is 1. The summed E-state index contributed by atoms with van der Waals surface area (Å²) < 4.78 is 5.68. The van der Waals surface area contributed by atoms with Gasteiger partial charge in [-0.15, -0.1) is 0 Å². The number of piperidine rings is 1. The summed E-state index contributed by atoms with van der Waals surface area (Å²) in [6, 6.07) is 25.4. The maximum absolute atomic E-state index is 13.3. The van der Waals surface area contributed by atoms with E-state index in [4.69, 9.17) is 4.74 Å². The Kier molecular flexibility index (Phi) is 7.83. The molecule has 3 N–H and O–H groups in total. The molecule has 10 nitrogen and oxygen atoms in total. The van der Waals surface area contributed by atoms with Crippen LogP contribution in [-0.2, 0) is 14.3 Å². The maximum atomic E-state index is 13.3. The molecule has 3 aromatic carbocycles. The number of fused-ring (bicyclic) bond motifs is 3. The molecule has 0 aromatic heterocycles. The van der Waals surface area contributed by atoms with Crippen LogP contribution in [0.5, 0.6) is 0 Å². The van der Waals surface area contributed by atoms with Gasteiger partial charge in [0.1, 0.15) is 6.61 Å². The Hall–Kier alpha value is -5.12. The highest BCUT2D eigenvalue weighted by Crippen LogP contribution is 2.44. The van der Waals surface area contributed by atoms with Gasteiger partial charge in [-0.3, -0.25) is 20.4 Å². The Bertz CT molecular complexity index is 1540. The lowest BCUT2D eigenvalue weighted by Crippen LogP contribution is -2.58. The largest absolute Gasteiger partial charge is 0.465 e. The second-order valence-corrected chi connectivity index (χ2v) is 11.0. The first-order valence-corrected chi connectivity index (χ1v) is 14.4. The number of carbonyl (C=O) groups excluding carboxylic acids is 3. The smallest absolute Gasteiger partial charge is 0.409 e. The standard InChI is InChI=1S/C33H32N4O6/c38-30(34-35-31(39)29(21-8-2-1-3-9-21)22-14-16-36(17-15-22)32(40)41)23-18-37(19-23)33(42)43-20-28-26-12-6-4-10-24(26)25-11-5-7-13-27(25)28/h1-13,23,28H,14-20H2,(H,34,38)(H,35,39)(H,40,41). The van der Waals surface area contributed by atoms with Gasteiger partial charge in [-0.2, -0.15) is 0 Å². The molecule has 0 radical (unpaired) electrons. The van der Waals surface area contributed by atoms with Crippen LogP contribution in [0.3, 0.4) is 0 Å². The van der Waals surface area contributed by atoms with Crippen LogP contribution in [0.25, 0.3) is 16.7 Å². The summed E-state index contributed by atoms with van der Waals surface area (Å²) in [6.45, 7) is 1.19. The van der Waals surface area contributed by atoms with Crippen molar-refractivity contribution in [3.63, 3.8) is 0 Å². The number of nitrogens with one attached hydrogen (secondary N) is 2. The average Bonchev–Trinajstić information content (AvgIpc) is 3.33. The van der Waals surface area contributed by atoms with Gasteiger partial charge in [0.25, 0.3) is 5.91 Å². The van der Waals surface area contributed by atoms with Crippen molar-refractivity contribution >= 4 is 29.6 Å². The molecular formula is C33H32N4O6. The van der Waals surface area contributed by atoms with Gasteiger partial charge in [0, 0.05) is 37.7 Å². The lowest BCUT2D eigenvalue weighted by atomic mass is 9.92. The average molecular weight is 581 g/mol. The summed E-state index contributed by atoms with van der Waals surface area (Å²) in [5.41, 5.74) is 11.5. The van der Waals surface area contributed by atoms with Gasteiger partial charge >= 0.3 is 12.2 Å². The SMILES string of the molecule is O=C(NNC(=O)C1CN(C(=O)OCC2c3ccccc3-c3ccccc32)C1)C(=C1CCN(C(=O)O)CC1)c1ccccc1. The summed E-state index contributed by atoms with van der Waals surface area (Å²) in [7, 11) is 0. The number of likely N-dealkylation sites (tertiary alicyclic amines) is 2. The van der Waals surface area contributed by atoms with Crippen LogP contribution in [-0.4, -0.2) is 71.7 Å². The second kappa shape index (κ2) is 12.0. The van der Waals surface area contributed by atoms with Crippen LogP contribution in [0, 0.1) is 5.92 Å². The highest BCUT2D eigenvalue weighted by Gasteiger charge is 2.38. The van der Waals surface area contributed by atoms with Gasteiger partial charge in [-0.25, -0.2) is 9.59 Å². The topological polar surface area (TPSA) is 128 Å². The van der Waals surface area contributed by atoms with Gasteiger partial charge < -0.3 is 19.6 Å². The van der Waals surface area contributed by atoms with Crippen molar-refractivity contribution in [3.05, 3.63) is 101 Å². The van der Waals surface area contributed by atoms with E-state index in [0.29, 0.717) is 37.1 Å². The summed E-state index contributed by atoms with van der Waals surface area (Å²) in [6.07, 6.45) is -0.603. The van der Waals surface area contributed by atoms with Crippen LogP contribution in [0.15, 0.2) is 84.4 Å². The lowest BCUT2D eigenvalue weighted by molar-refractivity contribution is -0.133. The van der Waals surface area contributed by atoms with Gasteiger partial charge in [-0.05, 0) is 40.7 Å². The molecular weight excluding hydrogens is 548 g/mol. The van der Waals surface area contributed by atoms with E-state index in [2.05, 4.69) is 35.1 Å². The number of benzene rings is 3. The Balaban J connectivity index is 1.01. The fourth-order valence-electron chi connectivity index (χ4n) is 6.08. The molecule has 6 rings (SSSR count). The van der Waals surface area contributed by atoms with Crippen molar-refractivity contribution in [2.75, 3.05) is 32.8 Å². The molecule has 10 heteroatoms. The van der Waals surface area contributed by atoms with Crippen molar-refractivity contribution in [2.24, 2.45) is 5.92 Å². The predicted octanol–water partition coefficient (Wildman–Crippen LogP) is 4.24. The molecule has 2 heterocycles. The molecule has 3 aromatic rings. The number of nitrogens with zero attached hydrogens (tertiary/aromatic N) is 2. The van der Waals surface area contributed by atoms with E-state index in [-0.39, 0.29) is 25.6 Å². The minimum Gasteiger partial charge on any atom is -0.465 e. The van der Waals surface area contributed by atoms with E-state index in [1.807, 2.05) is 54.6 Å². The van der Waals surface area contributed by atoms with Gasteiger partial charge in [0.05, 0.1) is 5.92 Å². The molecule has 4 amide bonds. The zero-order chi connectivity index (χ0) is 29.9. The second-order valence-electron chi connectivity index (χ2n) is 11.0. The molecule has 220 valence electrons. The molecule has 3 aliphatic rings. The Labute approximate surface area is 248 Å². The number of ether oxygens (including phenoxy) is 1. The fraction of sp³-hybridized carbons (Fsp3) is 0.273. The molecule has 1 aliphatic carbocycles. The van der Waals surface area contributed by atoms with Crippen molar-refractivity contribution < 1.29 is 29.0 Å². The number of carboxylic acid groups (broad SMARTS) is 1.